The zero-order valence-corrected chi connectivity index (χ0v) is 12.9. The average Bonchev–Trinajstić information content (AvgIpc) is 3.25. The minimum Gasteiger partial charge on any atom is -0.372 e. The van der Waals surface area contributed by atoms with Crippen molar-refractivity contribution in [2.24, 2.45) is 0 Å². The van der Waals surface area contributed by atoms with Crippen LogP contribution in [0, 0.1) is 17.0 Å². The van der Waals surface area contributed by atoms with Crippen molar-refractivity contribution in [3.05, 3.63) is 45.1 Å². The largest absolute Gasteiger partial charge is 0.372 e. The van der Waals surface area contributed by atoms with Crippen LogP contribution >= 0.6 is 0 Å². The first kappa shape index (κ1) is 14.2. The number of anilines is 1. The summed E-state index contributed by atoms with van der Waals surface area (Å²) in [5, 5.41) is 19.2. The number of nitro benzene ring substituents is 1. The number of fused-ring (bicyclic) bond motifs is 1. The Bertz CT molecular complexity index is 778. The van der Waals surface area contributed by atoms with E-state index in [9.17, 15) is 10.1 Å². The molecular weight excluding hydrogens is 296 g/mol. The molecule has 7 nitrogen and oxygen atoms in total. The number of aromatic nitrogens is 2. The molecule has 1 atom stereocenters. The highest BCUT2D eigenvalue weighted by Gasteiger charge is 2.30. The smallest absolute Gasteiger partial charge is 0.271 e. The molecule has 0 bridgehead atoms. The predicted molar refractivity (Wildman–Crippen MR) is 85.1 cm³/mol. The zero-order valence-electron chi connectivity index (χ0n) is 12.9. The van der Waals surface area contributed by atoms with Crippen LogP contribution in [0.4, 0.5) is 11.5 Å². The number of aryl methyl sites for hydroxylation is 1. The van der Waals surface area contributed by atoms with Crippen molar-refractivity contribution in [2.45, 2.75) is 32.3 Å². The van der Waals surface area contributed by atoms with E-state index >= 15 is 0 Å². The third-order valence-electron chi connectivity index (χ3n) is 4.55. The first-order valence-electron chi connectivity index (χ1n) is 7.88. The number of rotatable bonds is 3. The van der Waals surface area contributed by atoms with Crippen LogP contribution < -0.4 is 5.32 Å². The van der Waals surface area contributed by atoms with Gasteiger partial charge in [0.05, 0.1) is 16.3 Å². The van der Waals surface area contributed by atoms with Gasteiger partial charge in [0.15, 0.2) is 0 Å². The van der Waals surface area contributed by atoms with Gasteiger partial charge < -0.3 is 10.1 Å². The van der Waals surface area contributed by atoms with E-state index in [0.717, 1.165) is 55.2 Å². The summed E-state index contributed by atoms with van der Waals surface area (Å²) < 4.78 is 7.60. The summed E-state index contributed by atoms with van der Waals surface area (Å²) in [6, 6.07) is 4.88. The zero-order chi connectivity index (χ0) is 16.0. The van der Waals surface area contributed by atoms with E-state index in [1.807, 2.05) is 11.6 Å². The molecule has 1 fully saturated rings. The molecule has 2 aliphatic heterocycles. The molecule has 0 amide bonds. The molecule has 120 valence electrons. The van der Waals surface area contributed by atoms with Crippen LogP contribution in [0.5, 0.6) is 0 Å². The fourth-order valence-electron chi connectivity index (χ4n) is 3.37. The van der Waals surface area contributed by atoms with Crippen molar-refractivity contribution in [1.29, 1.82) is 0 Å². The van der Waals surface area contributed by atoms with E-state index in [2.05, 4.69) is 5.32 Å². The molecule has 4 rings (SSSR count). The Kier molecular flexibility index (Phi) is 3.30. The minimum atomic E-state index is -0.374. The lowest BCUT2D eigenvalue weighted by atomic mass is 10.1. The highest BCUT2D eigenvalue weighted by Crippen LogP contribution is 2.37. The van der Waals surface area contributed by atoms with E-state index in [1.54, 1.807) is 12.1 Å². The molecule has 7 heteroatoms. The number of nitro groups is 1. The topological polar surface area (TPSA) is 82.2 Å². The number of hydrogen-bond acceptors (Lipinski definition) is 5. The summed E-state index contributed by atoms with van der Waals surface area (Å²) in [6.07, 6.45) is 3.00. The van der Waals surface area contributed by atoms with Gasteiger partial charge in [0.2, 0.25) is 0 Å². The molecule has 0 saturated carbocycles. The molecule has 1 aromatic carbocycles. The van der Waals surface area contributed by atoms with Gasteiger partial charge >= 0.3 is 0 Å². The second-order valence-corrected chi connectivity index (χ2v) is 6.03. The monoisotopic (exact) mass is 314 g/mol. The molecule has 0 aliphatic carbocycles. The second kappa shape index (κ2) is 5.34. The molecule has 2 aromatic rings. The van der Waals surface area contributed by atoms with Crippen LogP contribution in [-0.2, 0) is 11.2 Å². The summed E-state index contributed by atoms with van der Waals surface area (Å²) in [7, 11) is 0. The van der Waals surface area contributed by atoms with Crippen molar-refractivity contribution in [3.8, 4) is 5.69 Å². The quantitative estimate of drug-likeness (QED) is 0.696. The van der Waals surface area contributed by atoms with Crippen molar-refractivity contribution in [2.75, 3.05) is 18.5 Å². The Morgan fingerprint density at radius 1 is 1.48 bits per heavy atom. The lowest BCUT2D eigenvalue weighted by Gasteiger charge is -2.10. The van der Waals surface area contributed by atoms with E-state index in [-0.39, 0.29) is 16.7 Å². The Hall–Kier alpha value is -2.41. The maximum Gasteiger partial charge on any atom is 0.271 e. The summed E-state index contributed by atoms with van der Waals surface area (Å²) in [6.45, 7) is 3.57. The third-order valence-corrected chi connectivity index (χ3v) is 4.55. The van der Waals surface area contributed by atoms with Gasteiger partial charge in [0.1, 0.15) is 11.9 Å². The van der Waals surface area contributed by atoms with Crippen LogP contribution in [0.1, 0.15) is 35.8 Å². The molecule has 23 heavy (non-hydrogen) atoms. The maximum absolute atomic E-state index is 11.1. The van der Waals surface area contributed by atoms with E-state index in [1.165, 1.54) is 11.6 Å². The van der Waals surface area contributed by atoms with Gasteiger partial charge in [0, 0.05) is 30.8 Å². The summed E-state index contributed by atoms with van der Waals surface area (Å²) >= 11 is 0. The number of hydrogen-bond donors (Lipinski definition) is 1. The van der Waals surface area contributed by atoms with Crippen molar-refractivity contribution >= 4 is 11.5 Å². The molecule has 2 aliphatic rings. The van der Waals surface area contributed by atoms with E-state index in [4.69, 9.17) is 9.84 Å². The highest BCUT2D eigenvalue weighted by molar-refractivity contribution is 5.60. The highest BCUT2D eigenvalue weighted by atomic mass is 16.6. The Labute approximate surface area is 133 Å². The number of ether oxygens (including phenoxy) is 1. The average molecular weight is 314 g/mol. The van der Waals surface area contributed by atoms with Gasteiger partial charge in [-0.2, -0.15) is 5.10 Å². The van der Waals surface area contributed by atoms with Crippen LogP contribution in [0.25, 0.3) is 5.69 Å². The molecule has 1 aromatic heterocycles. The van der Waals surface area contributed by atoms with Gasteiger partial charge in [-0.1, -0.05) is 6.07 Å². The molecule has 0 radical (unpaired) electrons. The number of benzene rings is 1. The van der Waals surface area contributed by atoms with Gasteiger partial charge in [0.25, 0.3) is 5.69 Å². The van der Waals surface area contributed by atoms with Crippen LogP contribution in [0.15, 0.2) is 18.2 Å². The molecule has 1 N–H and O–H groups in total. The Morgan fingerprint density at radius 3 is 3.09 bits per heavy atom. The fourth-order valence-corrected chi connectivity index (χ4v) is 3.37. The number of nitrogens with zero attached hydrogens (tertiary/aromatic N) is 3. The fraction of sp³-hybridized carbons (Fsp3) is 0.438. The molecule has 1 saturated heterocycles. The summed E-state index contributed by atoms with van der Waals surface area (Å²) in [5.74, 6) is 0.944. The predicted octanol–water partition coefficient (Wildman–Crippen LogP) is 2.91. The lowest BCUT2D eigenvalue weighted by Crippen LogP contribution is -2.08. The van der Waals surface area contributed by atoms with Crippen LogP contribution in [-0.4, -0.2) is 27.9 Å². The van der Waals surface area contributed by atoms with Gasteiger partial charge in [-0.15, -0.1) is 0 Å². The Balaban J connectivity index is 1.85. The van der Waals surface area contributed by atoms with Crippen LogP contribution in [0.3, 0.4) is 0 Å². The van der Waals surface area contributed by atoms with E-state index in [0.29, 0.717) is 0 Å². The minimum absolute atomic E-state index is 0.0453. The summed E-state index contributed by atoms with van der Waals surface area (Å²) in [4.78, 5) is 10.7. The SMILES string of the molecule is Cc1ccc([N+](=O)[O-])cc1-n1nc(C2CCCO2)c2c1NCC2. The van der Waals surface area contributed by atoms with Crippen molar-refractivity contribution in [3.63, 3.8) is 0 Å². The number of nitrogens with one attached hydrogen (secondary N) is 1. The normalized spacial score (nSPS) is 19.6. The molecular formula is C16H18N4O3. The van der Waals surface area contributed by atoms with Crippen LogP contribution in [0.2, 0.25) is 0 Å². The third kappa shape index (κ3) is 2.28. The van der Waals surface area contributed by atoms with Gasteiger partial charge in [-0.3, -0.25) is 10.1 Å². The first-order chi connectivity index (χ1) is 11.1. The first-order valence-corrected chi connectivity index (χ1v) is 7.88. The molecule has 1 unspecified atom stereocenters. The summed E-state index contributed by atoms with van der Waals surface area (Å²) in [5.41, 5.74) is 3.94. The second-order valence-electron chi connectivity index (χ2n) is 6.03. The molecule has 3 heterocycles. The maximum atomic E-state index is 11.1. The van der Waals surface area contributed by atoms with Gasteiger partial charge in [-0.05, 0) is 31.7 Å². The molecule has 0 spiro atoms. The Morgan fingerprint density at radius 2 is 2.35 bits per heavy atom. The lowest BCUT2D eigenvalue weighted by molar-refractivity contribution is -0.384. The van der Waals surface area contributed by atoms with Crippen molar-refractivity contribution < 1.29 is 9.66 Å². The van der Waals surface area contributed by atoms with Crippen molar-refractivity contribution in [1.82, 2.24) is 9.78 Å². The standard InChI is InChI=1S/C16H18N4O3/c1-10-4-5-11(20(21)22)9-13(10)19-16-12(6-7-17-16)15(18-19)14-3-2-8-23-14/h4-5,9,14,17H,2-3,6-8H2,1H3. The van der Waals surface area contributed by atoms with E-state index < -0.39 is 0 Å². The number of non-ortho nitro benzene ring substituents is 1. The van der Waals surface area contributed by atoms with Gasteiger partial charge in [-0.25, -0.2) is 4.68 Å².